The molecular weight excluding hydrogens is 258 g/mol. The number of para-hydroxylation sites is 1. The van der Waals surface area contributed by atoms with E-state index in [-0.39, 0.29) is 5.78 Å². The number of benzene rings is 2. The molecule has 0 bridgehead atoms. The lowest BCUT2D eigenvalue weighted by molar-refractivity contribution is 0.101. The van der Waals surface area contributed by atoms with E-state index in [0.717, 1.165) is 22.0 Å². The van der Waals surface area contributed by atoms with Crippen molar-refractivity contribution in [1.29, 1.82) is 0 Å². The SMILES string of the molecule is C=Cc1nc2ccccc2c(-c2ccccc2)c1C(C)=O. The Balaban J connectivity index is 2.51. The topological polar surface area (TPSA) is 30.0 Å². The Hall–Kier alpha value is -2.74. The number of hydrogen-bond acceptors (Lipinski definition) is 2. The molecule has 0 aliphatic heterocycles. The van der Waals surface area contributed by atoms with Crippen molar-refractivity contribution in [2.75, 3.05) is 0 Å². The van der Waals surface area contributed by atoms with Crippen LogP contribution in [0.15, 0.2) is 61.2 Å². The Kier molecular flexibility index (Phi) is 3.36. The second kappa shape index (κ2) is 5.33. The highest BCUT2D eigenvalue weighted by molar-refractivity contribution is 6.10. The van der Waals surface area contributed by atoms with Crippen LogP contribution < -0.4 is 0 Å². The summed E-state index contributed by atoms with van der Waals surface area (Å²) >= 11 is 0. The van der Waals surface area contributed by atoms with Crippen LogP contribution in [0.4, 0.5) is 0 Å². The monoisotopic (exact) mass is 273 g/mol. The van der Waals surface area contributed by atoms with E-state index in [4.69, 9.17) is 0 Å². The maximum absolute atomic E-state index is 12.2. The van der Waals surface area contributed by atoms with Crippen LogP contribution >= 0.6 is 0 Å². The number of rotatable bonds is 3. The van der Waals surface area contributed by atoms with E-state index in [9.17, 15) is 4.79 Å². The Morgan fingerprint density at radius 2 is 1.71 bits per heavy atom. The minimum absolute atomic E-state index is 0.00186. The van der Waals surface area contributed by atoms with Gasteiger partial charge in [-0.1, -0.05) is 55.1 Å². The van der Waals surface area contributed by atoms with E-state index in [1.165, 1.54) is 0 Å². The number of carbonyl (C=O) groups is 1. The second-order valence-electron chi connectivity index (χ2n) is 4.89. The van der Waals surface area contributed by atoms with Crippen LogP contribution in [0.25, 0.3) is 28.1 Å². The van der Waals surface area contributed by atoms with Gasteiger partial charge in [-0.3, -0.25) is 4.79 Å². The Labute approximate surface area is 123 Å². The van der Waals surface area contributed by atoms with Gasteiger partial charge in [0.1, 0.15) is 0 Å². The predicted octanol–water partition coefficient (Wildman–Crippen LogP) is 4.75. The molecule has 1 heterocycles. The first-order valence-corrected chi connectivity index (χ1v) is 6.84. The highest BCUT2D eigenvalue weighted by Gasteiger charge is 2.17. The molecule has 0 saturated heterocycles. The van der Waals surface area contributed by atoms with Crippen LogP contribution in [0.3, 0.4) is 0 Å². The lowest BCUT2D eigenvalue weighted by Gasteiger charge is -2.14. The number of ketones is 1. The van der Waals surface area contributed by atoms with Crippen molar-refractivity contribution >= 4 is 22.8 Å². The quantitative estimate of drug-likeness (QED) is 0.645. The fraction of sp³-hybridized carbons (Fsp3) is 0.0526. The molecule has 2 heteroatoms. The van der Waals surface area contributed by atoms with E-state index in [2.05, 4.69) is 11.6 Å². The summed E-state index contributed by atoms with van der Waals surface area (Å²) in [5.74, 6) is 0.00186. The molecule has 0 saturated carbocycles. The first-order chi connectivity index (χ1) is 10.2. The highest BCUT2D eigenvalue weighted by atomic mass is 16.1. The first kappa shape index (κ1) is 13.3. The molecule has 2 nitrogen and oxygen atoms in total. The van der Waals surface area contributed by atoms with Crippen LogP contribution in [-0.4, -0.2) is 10.8 Å². The van der Waals surface area contributed by atoms with Crippen LogP contribution in [-0.2, 0) is 0 Å². The normalized spacial score (nSPS) is 10.5. The molecule has 0 N–H and O–H groups in total. The third-order valence-corrected chi connectivity index (χ3v) is 3.53. The van der Waals surface area contributed by atoms with Gasteiger partial charge in [-0.2, -0.15) is 0 Å². The highest BCUT2D eigenvalue weighted by Crippen LogP contribution is 2.33. The smallest absolute Gasteiger partial charge is 0.162 e. The summed E-state index contributed by atoms with van der Waals surface area (Å²) in [6, 6.07) is 17.8. The largest absolute Gasteiger partial charge is 0.294 e. The van der Waals surface area contributed by atoms with E-state index >= 15 is 0 Å². The van der Waals surface area contributed by atoms with Gasteiger partial charge < -0.3 is 0 Å². The van der Waals surface area contributed by atoms with Crippen LogP contribution in [0, 0.1) is 0 Å². The average molecular weight is 273 g/mol. The molecule has 0 unspecified atom stereocenters. The van der Waals surface area contributed by atoms with Crippen molar-refractivity contribution < 1.29 is 4.79 Å². The van der Waals surface area contributed by atoms with Gasteiger partial charge in [-0.15, -0.1) is 0 Å². The summed E-state index contributed by atoms with van der Waals surface area (Å²) in [6.45, 7) is 5.38. The van der Waals surface area contributed by atoms with Gasteiger partial charge in [0, 0.05) is 10.9 Å². The van der Waals surface area contributed by atoms with Crippen molar-refractivity contribution in [3.8, 4) is 11.1 Å². The molecule has 0 aliphatic carbocycles. The van der Waals surface area contributed by atoms with Gasteiger partial charge in [-0.25, -0.2) is 4.98 Å². The molecule has 21 heavy (non-hydrogen) atoms. The molecule has 0 radical (unpaired) electrons. The van der Waals surface area contributed by atoms with Gasteiger partial charge in [0.05, 0.1) is 16.8 Å². The Bertz CT molecular complexity index is 835. The molecule has 1 aromatic heterocycles. The van der Waals surface area contributed by atoms with E-state index in [1.807, 2.05) is 54.6 Å². The second-order valence-corrected chi connectivity index (χ2v) is 4.89. The molecule has 0 fully saturated rings. The fourth-order valence-electron chi connectivity index (χ4n) is 2.64. The standard InChI is InChI=1S/C19H15NO/c1-3-16-18(13(2)21)19(14-9-5-4-6-10-14)15-11-7-8-12-17(15)20-16/h3-12H,1H2,2H3. The zero-order chi connectivity index (χ0) is 14.8. The summed E-state index contributed by atoms with van der Waals surface area (Å²) in [7, 11) is 0. The van der Waals surface area contributed by atoms with Crippen LogP contribution in [0.5, 0.6) is 0 Å². The predicted molar refractivity (Wildman–Crippen MR) is 87.3 cm³/mol. The fourth-order valence-corrected chi connectivity index (χ4v) is 2.64. The average Bonchev–Trinajstić information content (AvgIpc) is 2.53. The summed E-state index contributed by atoms with van der Waals surface area (Å²) in [4.78, 5) is 16.7. The van der Waals surface area contributed by atoms with Crippen LogP contribution in [0.2, 0.25) is 0 Å². The summed E-state index contributed by atoms with van der Waals surface area (Å²) in [6.07, 6.45) is 1.65. The number of aromatic nitrogens is 1. The summed E-state index contributed by atoms with van der Waals surface area (Å²) in [5.41, 5.74) is 4.10. The maximum Gasteiger partial charge on any atom is 0.162 e. The summed E-state index contributed by atoms with van der Waals surface area (Å²) < 4.78 is 0. The van der Waals surface area contributed by atoms with Crippen molar-refractivity contribution in [2.24, 2.45) is 0 Å². The number of pyridine rings is 1. The maximum atomic E-state index is 12.2. The molecule has 3 rings (SSSR count). The lowest BCUT2D eigenvalue weighted by atomic mass is 9.92. The van der Waals surface area contributed by atoms with Gasteiger partial charge in [0.25, 0.3) is 0 Å². The van der Waals surface area contributed by atoms with E-state index in [0.29, 0.717) is 11.3 Å². The van der Waals surface area contributed by atoms with Gasteiger partial charge in [0.2, 0.25) is 0 Å². The van der Waals surface area contributed by atoms with Crippen molar-refractivity contribution in [3.05, 3.63) is 72.4 Å². The number of carbonyl (C=O) groups excluding carboxylic acids is 1. The zero-order valence-electron chi connectivity index (χ0n) is 11.8. The molecule has 0 spiro atoms. The lowest BCUT2D eigenvalue weighted by Crippen LogP contribution is -2.03. The zero-order valence-corrected chi connectivity index (χ0v) is 11.8. The number of nitrogens with zero attached hydrogens (tertiary/aromatic N) is 1. The van der Waals surface area contributed by atoms with Gasteiger partial charge in [0.15, 0.2) is 5.78 Å². The Morgan fingerprint density at radius 3 is 2.38 bits per heavy atom. The summed E-state index contributed by atoms with van der Waals surface area (Å²) in [5, 5.41) is 0.986. The number of hydrogen-bond donors (Lipinski definition) is 0. The van der Waals surface area contributed by atoms with Gasteiger partial charge in [-0.05, 0) is 24.6 Å². The molecular formula is C19H15NO. The van der Waals surface area contributed by atoms with Crippen molar-refractivity contribution in [1.82, 2.24) is 4.98 Å². The number of Topliss-reactive ketones (excluding diaryl/α,β-unsaturated/α-hetero) is 1. The molecule has 0 aliphatic rings. The van der Waals surface area contributed by atoms with E-state index in [1.54, 1.807) is 13.0 Å². The minimum Gasteiger partial charge on any atom is -0.294 e. The van der Waals surface area contributed by atoms with E-state index < -0.39 is 0 Å². The first-order valence-electron chi connectivity index (χ1n) is 6.84. The molecule has 102 valence electrons. The third kappa shape index (κ3) is 2.25. The third-order valence-electron chi connectivity index (χ3n) is 3.53. The number of fused-ring (bicyclic) bond motifs is 1. The minimum atomic E-state index is 0.00186. The molecule has 2 aromatic carbocycles. The Morgan fingerprint density at radius 1 is 1.05 bits per heavy atom. The molecule has 0 atom stereocenters. The van der Waals surface area contributed by atoms with Crippen molar-refractivity contribution in [3.63, 3.8) is 0 Å². The van der Waals surface area contributed by atoms with Crippen molar-refractivity contribution in [2.45, 2.75) is 6.92 Å². The molecule has 0 amide bonds. The van der Waals surface area contributed by atoms with Gasteiger partial charge >= 0.3 is 0 Å². The van der Waals surface area contributed by atoms with Crippen LogP contribution in [0.1, 0.15) is 23.0 Å². The molecule has 3 aromatic rings.